The minimum atomic E-state index is -0.131. The smallest absolute Gasteiger partial charge is 0.257 e. The van der Waals surface area contributed by atoms with E-state index in [-0.39, 0.29) is 12.5 Å². The number of rotatable bonds is 8. The van der Waals surface area contributed by atoms with Gasteiger partial charge in [-0.15, -0.1) is 0 Å². The number of aliphatic hydroxyl groups is 1. The van der Waals surface area contributed by atoms with Gasteiger partial charge in [0.25, 0.3) is 5.91 Å². The number of carbonyl (C=O) groups excluding carboxylic acids is 1. The quantitative estimate of drug-likeness (QED) is 0.331. The number of benzene rings is 3. The van der Waals surface area contributed by atoms with Crippen LogP contribution >= 0.6 is 0 Å². The zero-order chi connectivity index (χ0) is 26.5. The molecule has 1 fully saturated rings. The van der Waals surface area contributed by atoms with Crippen molar-refractivity contribution < 1.29 is 19.4 Å². The first-order valence-electron chi connectivity index (χ1n) is 12.9. The van der Waals surface area contributed by atoms with Crippen LogP contribution in [0.2, 0.25) is 0 Å². The molecule has 1 amide bonds. The molecular weight excluding hydrogens is 478 g/mol. The monoisotopic (exact) mass is 511 g/mol. The fourth-order valence-electron chi connectivity index (χ4n) is 5.35. The number of likely N-dealkylation sites (tertiary alicyclic amines) is 1. The molecule has 7 nitrogen and oxygen atoms in total. The zero-order valence-electron chi connectivity index (χ0n) is 21.8. The molecule has 38 heavy (non-hydrogen) atoms. The summed E-state index contributed by atoms with van der Waals surface area (Å²) in [6, 6.07) is 21.9. The average Bonchev–Trinajstić information content (AvgIpc) is 2.99. The van der Waals surface area contributed by atoms with Crippen LogP contribution in [-0.4, -0.2) is 48.2 Å². The van der Waals surface area contributed by atoms with Crippen molar-refractivity contribution in [1.29, 1.82) is 0 Å². The molecule has 4 aromatic rings. The van der Waals surface area contributed by atoms with Crippen molar-refractivity contribution in [2.24, 2.45) is 0 Å². The molecular formula is C31H33N3O4. The van der Waals surface area contributed by atoms with Crippen molar-refractivity contribution in [3.8, 4) is 11.5 Å². The van der Waals surface area contributed by atoms with Crippen LogP contribution in [0, 0.1) is 0 Å². The average molecular weight is 512 g/mol. The number of hydrogen-bond donors (Lipinski definition) is 2. The van der Waals surface area contributed by atoms with E-state index in [2.05, 4.69) is 34.6 Å². The molecule has 196 valence electrons. The normalized spacial score (nSPS) is 13.9. The Balaban J connectivity index is 1.45. The van der Waals surface area contributed by atoms with Gasteiger partial charge in [-0.05, 0) is 30.4 Å². The number of nitrogens with zero attached hydrogens (tertiary/aromatic N) is 2. The van der Waals surface area contributed by atoms with Crippen LogP contribution in [0.15, 0.2) is 72.9 Å². The molecule has 5 rings (SSSR count). The Morgan fingerprint density at radius 2 is 1.71 bits per heavy atom. The van der Waals surface area contributed by atoms with E-state index in [9.17, 15) is 9.90 Å². The third-order valence-corrected chi connectivity index (χ3v) is 7.38. The second kappa shape index (κ2) is 11.5. The van der Waals surface area contributed by atoms with Crippen molar-refractivity contribution in [3.05, 3.63) is 95.2 Å². The molecule has 0 atom stereocenters. The number of hydrogen-bond acceptors (Lipinski definition) is 6. The van der Waals surface area contributed by atoms with E-state index >= 15 is 0 Å². The number of piperidine rings is 1. The molecule has 0 aliphatic carbocycles. The Morgan fingerprint density at radius 1 is 0.974 bits per heavy atom. The Bertz CT molecular complexity index is 1420. The van der Waals surface area contributed by atoms with Gasteiger partial charge in [-0.25, -0.2) is 0 Å². The summed E-state index contributed by atoms with van der Waals surface area (Å²) in [4.78, 5) is 20.4. The third-order valence-electron chi connectivity index (χ3n) is 7.38. The maximum absolute atomic E-state index is 13.8. The molecule has 0 saturated carbocycles. The lowest BCUT2D eigenvalue weighted by atomic mass is 9.89. The largest absolute Gasteiger partial charge is 0.493 e. The molecule has 1 aliphatic rings. The highest BCUT2D eigenvalue weighted by Crippen LogP contribution is 2.35. The zero-order valence-corrected chi connectivity index (χ0v) is 21.8. The summed E-state index contributed by atoms with van der Waals surface area (Å²) in [5, 5.41) is 14.2. The topological polar surface area (TPSA) is 83.9 Å². The van der Waals surface area contributed by atoms with Gasteiger partial charge in [0.05, 0.1) is 37.6 Å². The van der Waals surface area contributed by atoms with Gasteiger partial charge >= 0.3 is 0 Å². The molecule has 0 radical (unpaired) electrons. The SMILES string of the molecule is COc1cccc(CNc2c(C(=O)N3CCC(c4ccccc4)CC3)cnc3c(CO)cccc23)c1OC. The first kappa shape index (κ1) is 25.5. The highest BCUT2D eigenvalue weighted by Gasteiger charge is 2.27. The van der Waals surface area contributed by atoms with Crippen LogP contribution in [0.1, 0.15) is 45.8 Å². The van der Waals surface area contributed by atoms with Gasteiger partial charge in [0, 0.05) is 42.3 Å². The van der Waals surface area contributed by atoms with E-state index in [0.717, 1.165) is 23.8 Å². The number of aromatic nitrogens is 1. The summed E-state index contributed by atoms with van der Waals surface area (Å²) in [7, 11) is 3.23. The Morgan fingerprint density at radius 3 is 2.42 bits per heavy atom. The summed E-state index contributed by atoms with van der Waals surface area (Å²) >= 11 is 0. The second-order valence-corrected chi connectivity index (χ2v) is 9.50. The standard InChI is InChI=1S/C31H33N3O4/c1-37-27-13-7-10-23(30(27)38-2)18-32-29-25-12-6-11-24(20-35)28(25)33-19-26(29)31(36)34-16-14-22(15-17-34)21-8-4-3-5-9-21/h3-13,19,22,35H,14-18,20H2,1-2H3,(H,32,33). The van der Waals surface area contributed by atoms with E-state index in [1.165, 1.54) is 5.56 Å². The van der Waals surface area contributed by atoms with Gasteiger partial charge in [-0.3, -0.25) is 9.78 Å². The summed E-state index contributed by atoms with van der Waals surface area (Å²) in [6.07, 6.45) is 3.49. The third kappa shape index (κ3) is 5.02. The number of nitrogens with one attached hydrogen (secondary N) is 1. The maximum Gasteiger partial charge on any atom is 0.257 e. The van der Waals surface area contributed by atoms with Gasteiger partial charge in [0.1, 0.15) is 0 Å². The van der Waals surface area contributed by atoms with E-state index in [4.69, 9.17) is 9.47 Å². The number of pyridine rings is 1. The van der Waals surface area contributed by atoms with Gasteiger partial charge in [0.2, 0.25) is 0 Å². The highest BCUT2D eigenvalue weighted by molar-refractivity contribution is 6.07. The van der Waals surface area contributed by atoms with E-state index in [1.807, 2.05) is 47.4 Å². The molecule has 0 bridgehead atoms. The molecule has 3 aromatic carbocycles. The van der Waals surface area contributed by atoms with Crippen molar-refractivity contribution in [3.63, 3.8) is 0 Å². The lowest BCUT2D eigenvalue weighted by Gasteiger charge is -2.33. The van der Waals surface area contributed by atoms with Crippen LogP contribution in [0.5, 0.6) is 11.5 Å². The van der Waals surface area contributed by atoms with Crippen molar-refractivity contribution in [1.82, 2.24) is 9.88 Å². The minimum absolute atomic E-state index is 0.0413. The lowest BCUT2D eigenvalue weighted by Crippen LogP contribution is -2.38. The number of para-hydroxylation sites is 2. The first-order valence-corrected chi connectivity index (χ1v) is 12.9. The predicted octanol–water partition coefficient (Wildman–Crippen LogP) is 5.38. The highest BCUT2D eigenvalue weighted by atomic mass is 16.5. The van der Waals surface area contributed by atoms with Crippen molar-refractivity contribution in [2.75, 3.05) is 32.6 Å². The molecule has 1 aromatic heterocycles. The van der Waals surface area contributed by atoms with Crippen molar-refractivity contribution >= 4 is 22.5 Å². The molecule has 2 N–H and O–H groups in total. The Hall–Kier alpha value is -4.10. The molecule has 0 unspecified atom stereocenters. The summed E-state index contributed by atoms with van der Waals surface area (Å²) < 4.78 is 11.1. The van der Waals surface area contributed by atoms with E-state index in [1.54, 1.807) is 20.4 Å². The summed E-state index contributed by atoms with van der Waals surface area (Å²) in [5.74, 6) is 1.71. The molecule has 7 heteroatoms. The van der Waals surface area contributed by atoms with Gasteiger partial charge in [-0.1, -0.05) is 60.7 Å². The molecule has 0 spiro atoms. The summed E-state index contributed by atoms with van der Waals surface area (Å²) in [5.41, 5.74) is 4.84. The molecule has 2 heterocycles. The van der Waals surface area contributed by atoms with Gasteiger partial charge in [0.15, 0.2) is 11.5 Å². The number of fused-ring (bicyclic) bond motifs is 1. The minimum Gasteiger partial charge on any atom is -0.493 e. The predicted molar refractivity (Wildman–Crippen MR) is 149 cm³/mol. The number of ether oxygens (including phenoxy) is 2. The van der Waals surface area contributed by atoms with E-state index < -0.39 is 0 Å². The lowest BCUT2D eigenvalue weighted by molar-refractivity contribution is 0.0713. The van der Waals surface area contributed by atoms with Crippen LogP contribution in [0.3, 0.4) is 0 Å². The Kier molecular flexibility index (Phi) is 7.75. The number of anilines is 1. The number of methoxy groups -OCH3 is 2. The Labute approximate surface area is 223 Å². The van der Waals surface area contributed by atoms with Crippen molar-refractivity contribution in [2.45, 2.75) is 31.9 Å². The first-order chi connectivity index (χ1) is 18.6. The van der Waals surface area contributed by atoms with Crippen LogP contribution in [0.4, 0.5) is 5.69 Å². The number of aliphatic hydroxyl groups excluding tert-OH is 1. The van der Waals surface area contributed by atoms with Crippen LogP contribution in [0.25, 0.3) is 10.9 Å². The molecule has 1 aliphatic heterocycles. The molecule has 1 saturated heterocycles. The number of amides is 1. The summed E-state index contributed by atoms with van der Waals surface area (Å²) in [6.45, 7) is 1.67. The fraction of sp³-hybridized carbons (Fsp3) is 0.290. The number of carbonyl (C=O) groups is 1. The van der Waals surface area contributed by atoms with Gasteiger partial charge < -0.3 is 24.8 Å². The fourth-order valence-corrected chi connectivity index (χ4v) is 5.35. The van der Waals surface area contributed by atoms with E-state index in [0.29, 0.717) is 59.4 Å². The van der Waals surface area contributed by atoms with Crippen LogP contribution < -0.4 is 14.8 Å². The second-order valence-electron chi connectivity index (χ2n) is 9.50. The maximum atomic E-state index is 13.8. The van der Waals surface area contributed by atoms with Gasteiger partial charge in [-0.2, -0.15) is 0 Å². The van der Waals surface area contributed by atoms with Crippen LogP contribution in [-0.2, 0) is 13.2 Å².